The summed E-state index contributed by atoms with van der Waals surface area (Å²) in [6, 6.07) is 9.10. The molecule has 0 spiro atoms. The van der Waals surface area contributed by atoms with Gasteiger partial charge in [-0.25, -0.2) is 0 Å². The van der Waals surface area contributed by atoms with Crippen LogP contribution in [0.5, 0.6) is 0 Å². The molecule has 3 aromatic rings. The smallest absolute Gasteiger partial charge is 0.247 e. The Hall–Kier alpha value is -2.88. The van der Waals surface area contributed by atoms with Gasteiger partial charge in [-0.3, -0.25) is 9.89 Å². The van der Waals surface area contributed by atoms with E-state index in [0.717, 1.165) is 5.56 Å². The number of aromatic amines is 1. The zero-order chi connectivity index (χ0) is 20.3. The summed E-state index contributed by atoms with van der Waals surface area (Å²) < 4.78 is 2.41. The number of benzene rings is 1. The Bertz CT molecular complexity index is 988. The molecule has 0 radical (unpaired) electrons. The van der Waals surface area contributed by atoms with Crippen LogP contribution >= 0.6 is 12.2 Å². The topological polar surface area (TPSA) is 106 Å². The molecule has 10 heteroatoms. The van der Waals surface area contributed by atoms with Crippen molar-refractivity contribution in [3.63, 3.8) is 0 Å². The Labute approximate surface area is 168 Å². The number of amides is 1. The van der Waals surface area contributed by atoms with Crippen LogP contribution in [-0.2, 0) is 11.3 Å². The van der Waals surface area contributed by atoms with Crippen LogP contribution in [0, 0.1) is 10.7 Å². The Balaban J connectivity index is 1.77. The quantitative estimate of drug-likeness (QED) is 0.591. The summed E-state index contributed by atoms with van der Waals surface area (Å²) in [4.78, 5) is 14.3. The van der Waals surface area contributed by atoms with Gasteiger partial charge in [0.15, 0.2) is 16.6 Å². The first kappa shape index (κ1) is 19.9. The van der Waals surface area contributed by atoms with E-state index in [-0.39, 0.29) is 24.4 Å². The third-order valence-corrected chi connectivity index (χ3v) is 4.61. The molecule has 0 saturated carbocycles. The second-order valence-electron chi connectivity index (χ2n) is 7.11. The van der Waals surface area contributed by atoms with E-state index in [1.165, 1.54) is 4.80 Å². The van der Waals surface area contributed by atoms with Crippen molar-refractivity contribution in [1.82, 2.24) is 40.3 Å². The predicted molar refractivity (Wildman–Crippen MR) is 107 cm³/mol. The van der Waals surface area contributed by atoms with Crippen molar-refractivity contribution >= 4 is 18.1 Å². The van der Waals surface area contributed by atoms with Gasteiger partial charge in [0.05, 0.1) is 6.54 Å². The number of H-pyrrole nitrogens is 1. The van der Waals surface area contributed by atoms with E-state index in [1.54, 1.807) is 0 Å². The molecule has 148 valence electrons. The summed E-state index contributed by atoms with van der Waals surface area (Å²) in [5.74, 6) is 0.937. The van der Waals surface area contributed by atoms with E-state index in [9.17, 15) is 4.79 Å². The fourth-order valence-electron chi connectivity index (χ4n) is 2.99. The Morgan fingerprint density at radius 1 is 1.21 bits per heavy atom. The average molecular weight is 401 g/mol. The highest BCUT2D eigenvalue weighted by Crippen LogP contribution is 2.19. The molecule has 1 amide bonds. The van der Waals surface area contributed by atoms with Crippen molar-refractivity contribution in [1.29, 1.82) is 0 Å². The van der Waals surface area contributed by atoms with Crippen LogP contribution in [0.25, 0.3) is 11.4 Å². The van der Waals surface area contributed by atoms with E-state index < -0.39 is 6.04 Å². The first-order chi connectivity index (χ1) is 13.4. The highest BCUT2D eigenvalue weighted by molar-refractivity contribution is 7.71. The normalized spacial score (nSPS) is 12.5. The van der Waals surface area contributed by atoms with Gasteiger partial charge in [0.2, 0.25) is 11.7 Å². The number of carbonyl (C=O) groups is 1. The number of hydrogen-bond acceptors (Lipinski definition) is 6. The molecule has 1 aromatic carbocycles. The van der Waals surface area contributed by atoms with E-state index in [1.807, 2.05) is 62.6 Å². The molecule has 1 unspecified atom stereocenters. The third-order valence-electron chi connectivity index (χ3n) is 4.32. The molecule has 0 bridgehead atoms. The number of aromatic nitrogens is 7. The van der Waals surface area contributed by atoms with Gasteiger partial charge >= 0.3 is 0 Å². The molecule has 28 heavy (non-hydrogen) atoms. The first-order valence-corrected chi connectivity index (χ1v) is 9.57. The number of carbonyl (C=O) groups excluding carboxylic acids is 1. The lowest BCUT2D eigenvalue weighted by Crippen LogP contribution is -2.37. The number of tetrazole rings is 1. The largest absolute Gasteiger partial charge is 0.347 e. The van der Waals surface area contributed by atoms with Gasteiger partial charge in [-0.15, -0.1) is 10.2 Å². The number of nitrogens with one attached hydrogen (secondary N) is 2. The molecule has 1 atom stereocenters. The summed E-state index contributed by atoms with van der Waals surface area (Å²) in [5, 5.41) is 22.5. The number of nitrogens with zero attached hydrogens (tertiary/aromatic N) is 6. The summed E-state index contributed by atoms with van der Waals surface area (Å²) >= 11 is 5.25. The van der Waals surface area contributed by atoms with E-state index in [0.29, 0.717) is 16.4 Å². The van der Waals surface area contributed by atoms with Gasteiger partial charge in [0, 0.05) is 11.6 Å². The van der Waals surface area contributed by atoms with Crippen LogP contribution in [0.1, 0.15) is 45.6 Å². The molecule has 2 heterocycles. The van der Waals surface area contributed by atoms with Crippen molar-refractivity contribution in [2.24, 2.45) is 5.92 Å². The van der Waals surface area contributed by atoms with Crippen LogP contribution < -0.4 is 5.32 Å². The molecular weight excluding hydrogens is 376 g/mol. The van der Waals surface area contributed by atoms with Crippen LogP contribution in [0.4, 0.5) is 0 Å². The van der Waals surface area contributed by atoms with Gasteiger partial charge in [0.25, 0.3) is 0 Å². The van der Waals surface area contributed by atoms with Crippen LogP contribution in [0.3, 0.4) is 0 Å². The molecule has 0 aliphatic rings. The molecule has 3 rings (SSSR count). The standard InChI is InChI=1S/C18H24N8OS/c1-11(2)15(26-23-16(21-24-26)13-8-6-5-7-9-13)17(27)19-10-14-20-22-18(28)25(14)12(3)4/h5-9,11-12,15H,10H2,1-4H3,(H,19,27)(H,22,28). The second-order valence-corrected chi connectivity index (χ2v) is 7.50. The van der Waals surface area contributed by atoms with Crippen molar-refractivity contribution in [3.8, 4) is 11.4 Å². The third kappa shape index (κ3) is 4.16. The van der Waals surface area contributed by atoms with Crippen LogP contribution in [-0.4, -0.2) is 40.9 Å². The van der Waals surface area contributed by atoms with E-state index in [4.69, 9.17) is 12.2 Å². The molecule has 0 saturated heterocycles. The fraction of sp³-hybridized carbons (Fsp3) is 0.444. The fourth-order valence-corrected chi connectivity index (χ4v) is 3.35. The Morgan fingerprint density at radius 3 is 2.57 bits per heavy atom. The SMILES string of the molecule is CC(C)C(C(=O)NCc1n[nH]c(=S)n1C(C)C)n1nnc(-c2ccccc2)n1. The molecule has 9 nitrogen and oxygen atoms in total. The highest BCUT2D eigenvalue weighted by Gasteiger charge is 2.27. The maximum atomic E-state index is 12.9. The second kappa shape index (κ2) is 8.42. The highest BCUT2D eigenvalue weighted by atomic mass is 32.1. The van der Waals surface area contributed by atoms with Crippen molar-refractivity contribution in [2.75, 3.05) is 0 Å². The zero-order valence-corrected chi connectivity index (χ0v) is 17.1. The molecule has 0 fully saturated rings. The van der Waals surface area contributed by atoms with Crippen molar-refractivity contribution in [3.05, 3.63) is 40.9 Å². The van der Waals surface area contributed by atoms with Gasteiger partial charge in [0.1, 0.15) is 0 Å². The number of hydrogen-bond donors (Lipinski definition) is 2. The minimum atomic E-state index is -0.584. The lowest BCUT2D eigenvalue weighted by atomic mass is 10.0. The molecule has 2 aromatic heterocycles. The van der Waals surface area contributed by atoms with Gasteiger partial charge < -0.3 is 9.88 Å². The maximum absolute atomic E-state index is 12.9. The molecule has 2 N–H and O–H groups in total. The molecule has 0 aliphatic heterocycles. The van der Waals surface area contributed by atoms with E-state index >= 15 is 0 Å². The van der Waals surface area contributed by atoms with Gasteiger partial charge in [-0.1, -0.05) is 44.2 Å². The van der Waals surface area contributed by atoms with Crippen LogP contribution in [0.2, 0.25) is 0 Å². The summed E-state index contributed by atoms with van der Waals surface area (Å²) in [6.07, 6.45) is 0. The summed E-state index contributed by atoms with van der Waals surface area (Å²) in [6.45, 7) is 8.17. The van der Waals surface area contributed by atoms with Crippen LogP contribution in [0.15, 0.2) is 30.3 Å². The van der Waals surface area contributed by atoms with Gasteiger partial charge in [-0.05, 0) is 37.2 Å². The zero-order valence-electron chi connectivity index (χ0n) is 16.3. The Morgan fingerprint density at radius 2 is 1.93 bits per heavy atom. The minimum Gasteiger partial charge on any atom is -0.347 e. The van der Waals surface area contributed by atoms with Crippen molar-refractivity contribution in [2.45, 2.75) is 46.3 Å². The lowest BCUT2D eigenvalue weighted by molar-refractivity contribution is -0.126. The lowest BCUT2D eigenvalue weighted by Gasteiger charge is -2.19. The maximum Gasteiger partial charge on any atom is 0.247 e. The van der Waals surface area contributed by atoms with Crippen molar-refractivity contribution < 1.29 is 4.79 Å². The average Bonchev–Trinajstić information content (AvgIpc) is 3.27. The predicted octanol–water partition coefficient (Wildman–Crippen LogP) is 2.69. The molecular formula is C18H24N8OS. The monoisotopic (exact) mass is 400 g/mol. The first-order valence-electron chi connectivity index (χ1n) is 9.17. The summed E-state index contributed by atoms with van der Waals surface area (Å²) in [5.41, 5.74) is 0.851. The summed E-state index contributed by atoms with van der Waals surface area (Å²) in [7, 11) is 0. The number of rotatable bonds is 7. The molecule has 0 aliphatic carbocycles. The van der Waals surface area contributed by atoms with Gasteiger partial charge in [-0.2, -0.15) is 9.90 Å². The minimum absolute atomic E-state index is 0.0243. The van der Waals surface area contributed by atoms with E-state index in [2.05, 4.69) is 30.9 Å². The Kier molecular flexibility index (Phi) is 5.98.